The highest BCUT2D eigenvalue weighted by Gasteiger charge is 2.20. The van der Waals surface area contributed by atoms with Gasteiger partial charge in [-0.3, -0.25) is 9.52 Å². The van der Waals surface area contributed by atoms with Crippen molar-refractivity contribution in [3.8, 4) is 11.5 Å². The average molecular weight is 484 g/mol. The number of anilines is 2. The van der Waals surface area contributed by atoms with Gasteiger partial charge in [0.15, 0.2) is 5.58 Å². The van der Waals surface area contributed by atoms with Crippen LogP contribution in [0.1, 0.15) is 15.9 Å². The van der Waals surface area contributed by atoms with Crippen LogP contribution in [0, 0.1) is 6.92 Å². The van der Waals surface area contributed by atoms with E-state index in [2.05, 4.69) is 15.0 Å². The number of carbonyl (C=O) groups is 1. The first-order valence-corrected chi connectivity index (χ1v) is 12.3. The lowest BCUT2D eigenvalue weighted by molar-refractivity contribution is 0.102. The van der Waals surface area contributed by atoms with Crippen molar-refractivity contribution >= 4 is 38.4 Å². The first-order chi connectivity index (χ1) is 16.9. The van der Waals surface area contributed by atoms with E-state index in [1.807, 2.05) is 37.3 Å². The van der Waals surface area contributed by atoms with E-state index in [4.69, 9.17) is 4.42 Å². The number of benzene rings is 4. The highest BCUT2D eigenvalue weighted by molar-refractivity contribution is 7.92. The molecule has 7 nitrogen and oxygen atoms in total. The number of hydrogen-bond acceptors (Lipinski definition) is 5. The second-order valence-electron chi connectivity index (χ2n) is 7.95. The van der Waals surface area contributed by atoms with E-state index in [1.165, 1.54) is 12.1 Å². The van der Waals surface area contributed by atoms with E-state index >= 15 is 0 Å². The van der Waals surface area contributed by atoms with Crippen molar-refractivity contribution in [1.82, 2.24) is 4.98 Å². The minimum absolute atomic E-state index is 0.111. The summed E-state index contributed by atoms with van der Waals surface area (Å²) < 4.78 is 34.2. The smallest absolute Gasteiger partial charge is 0.261 e. The zero-order valence-corrected chi connectivity index (χ0v) is 19.5. The summed E-state index contributed by atoms with van der Waals surface area (Å²) in [6.07, 6.45) is 0. The van der Waals surface area contributed by atoms with Gasteiger partial charge in [0.1, 0.15) is 5.52 Å². The summed E-state index contributed by atoms with van der Waals surface area (Å²) in [5.41, 5.74) is 3.73. The predicted molar refractivity (Wildman–Crippen MR) is 136 cm³/mol. The Hall–Kier alpha value is -4.43. The molecular formula is C27H21N3O4S. The molecule has 0 atom stereocenters. The van der Waals surface area contributed by atoms with Gasteiger partial charge in [-0.1, -0.05) is 54.1 Å². The highest BCUT2D eigenvalue weighted by Crippen LogP contribution is 2.31. The molecule has 2 N–H and O–H groups in total. The number of aryl methyl sites for hydroxylation is 1. The molecule has 4 aromatic carbocycles. The zero-order chi connectivity index (χ0) is 24.4. The number of carbonyl (C=O) groups excluding carboxylic acids is 1. The fourth-order valence-corrected chi connectivity index (χ4v) is 4.73. The molecule has 1 aromatic heterocycles. The molecule has 0 aliphatic heterocycles. The average Bonchev–Trinajstić information content (AvgIpc) is 3.29. The maximum Gasteiger partial charge on any atom is 0.261 e. The maximum absolute atomic E-state index is 13.3. The Kier molecular flexibility index (Phi) is 5.80. The van der Waals surface area contributed by atoms with E-state index in [9.17, 15) is 13.2 Å². The number of aromatic nitrogens is 1. The summed E-state index contributed by atoms with van der Waals surface area (Å²) in [5, 5.41) is 2.87. The van der Waals surface area contributed by atoms with Crippen LogP contribution in [0.4, 0.5) is 11.4 Å². The van der Waals surface area contributed by atoms with Crippen LogP contribution in [0.5, 0.6) is 0 Å². The normalized spacial score (nSPS) is 11.3. The summed E-state index contributed by atoms with van der Waals surface area (Å²) in [6, 6.07) is 27.5. The van der Waals surface area contributed by atoms with Crippen molar-refractivity contribution < 1.29 is 17.6 Å². The van der Waals surface area contributed by atoms with Crippen LogP contribution in [-0.4, -0.2) is 19.3 Å². The van der Waals surface area contributed by atoms with E-state index < -0.39 is 15.9 Å². The van der Waals surface area contributed by atoms with Gasteiger partial charge in [-0.05, 0) is 55.5 Å². The molecular weight excluding hydrogens is 462 g/mol. The molecule has 174 valence electrons. The van der Waals surface area contributed by atoms with Gasteiger partial charge < -0.3 is 9.73 Å². The number of hydrogen-bond donors (Lipinski definition) is 2. The topological polar surface area (TPSA) is 101 Å². The maximum atomic E-state index is 13.3. The lowest BCUT2D eigenvalue weighted by Gasteiger charge is -2.14. The summed E-state index contributed by atoms with van der Waals surface area (Å²) in [5.74, 6) is -0.105. The standard InChI is InChI=1S/C27H21N3O4S/c1-18-14-16-19(17-15-18)35(32,33)30-23-11-5-2-8-20(23)26(31)28-22-10-4-3-9-21(22)27-29-24-12-6-7-13-25(24)34-27/h2-17,30H,1H3,(H,28,31). The van der Waals surface area contributed by atoms with Gasteiger partial charge >= 0.3 is 0 Å². The summed E-state index contributed by atoms with van der Waals surface area (Å²) >= 11 is 0. The predicted octanol–water partition coefficient (Wildman–Crippen LogP) is 5.86. The number of nitrogens with one attached hydrogen (secondary N) is 2. The minimum atomic E-state index is -3.88. The third-order valence-electron chi connectivity index (χ3n) is 5.45. The lowest BCUT2D eigenvalue weighted by Crippen LogP contribution is -2.19. The molecule has 5 rings (SSSR count). The Morgan fingerprint density at radius 2 is 1.46 bits per heavy atom. The van der Waals surface area contributed by atoms with Gasteiger partial charge in [-0.25, -0.2) is 13.4 Å². The van der Waals surface area contributed by atoms with Crippen LogP contribution in [0.15, 0.2) is 106 Å². The van der Waals surface area contributed by atoms with Crippen molar-refractivity contribution in [2.24, 2.45) is 0 Å². The monoisotopic (exact) mass is 483 g/mol. The molecule has 0 saturated carbocycles. The minimum Gasteiger partial charge on any atom is -0.436 e. The molecule has 35 heavy (non-hydrogen) atoms. The number of sulfonamides is 1. The second kappa shape index (κ2) is 9.08. The Labute approximate surface area is 202 Å². The van der Waals surface area contributed by atoms with Crippen LogP contribution in [0.3, 0.4) is 0 Å². The van der Waals surface area contributed by atoms with Gasteiger partial charge in [0.25, 0.3) is 15.9 Å². The van der Waals surface area contributed by atoms with E-state index in [1.54, 1.807) is 54.6 Å². The van der Waals surface area contributed by atoms with Crippen molar-refractivity contribution in [2.75, 3.05) is 10.0 Å². The molecule has 0 unspecified atom stereocenters. The molecule has 0 saturated heterocycles. The number of nitrogens with zero attached hydrogens (tertiary/aromatic N) is 1. The van der Waals surface area contributed by atoms with Gasteiger partial charge in [0.05, 0.1) is 27.4 Å². The number of amides is 1. The van der Waals surface area contributed by atoms with E-state index in [-0.39, 0.29) is 16.1 Å². The highest BCUT2D eigenvalue weighted by atomic mass is 32.2. The number of fused-ring (bicyclic) bond motifs is 1. The van der Waals surface area contributed by atoms with Crippen LogP contribution in [0.2, 0.25) is 0 Å². The summed E-state index contributed by atoms with van der Waals surface area (Å²) in [7, 11) is -3.88. The largest absolute Gasteiger partial charge is 0.436 e. The fourth-order valence-electron chi connectivity index (χ4n) is 3.65. The van der Waals surface area contributed by atoms with Gasteiger partial charge in [-0.2, -0.15) is 0 Å². The lowest BCUT2D eigenvalue weighted by atomic mass is 10.1. The van der Waals surface area contributed by atoms with Crippen LogP contribution < -0.4 is 10.0 Å². The molecule has 0 fully saturated rings. The Bertz CT molecular complexity index is 1610. The molecule has 5 aromatic rings. The van der Waals surface area contributed by atoms with Crippen LogP contribution in [0.25, 0.3) is 22.6 Å². The van der Waals surface area contributed by atoms with Gasteiger partial charge in [-0.15, -0.1) is 0 Å². The molecule has 0 radical (unpaired) electrons. The van der Waals surface area contributed by atoms with E-state index in [0.717, 1.165) is 5.56 Å². The number of rotatable bonds is 6. The quantitative estimate of drug-likeness (QED) is 0.315. The SMILES string of the molecule is Cc1ccc(S(=O)(=O)Nc2ccccc2C(=O)Nc2ccccc2-c2nc3ccccc3o2)cc1. The summed E-state index contributed by atoms with van der Waals surface area (Å²) in [4.78, 5) is 17.9. The summed E-state index contributed by atoms with van der Waals surface area (Å²) in [6.45, 7) is 1.88. The second-order valence-corrected chi connectivity index (χ2v) is 9.63. The fraction of sp³-hybridized carbons (Fsp3) is 0.0370. The molecule has 0 aliphatic rings. The molecule has 1 heterocycles. The van der Waals surface area contributed by atoms with Gasteiger partial charge in [0, 0.05) is 0 Å². The van der Waals surface area contributed by atoms with Crippen molar-refractivity contribution in [2.45, 2.75) is 11.8 Å². The Morgan fingerprint density at radius 1 is 0.800 bits per heavy atom. The van der Waals surface area contributed by atoms with Gasteiger partial charge in [0.2, 0.25) is 5.89 Å². The number of para-hydroxylation sites is 4. The van der Waals surface area contributed by atoms with Crippen molar-refractivity contribution in [3.63, 3.8) is 0 Å². The molecule has 1 amide bonds. The van der Waals surface area contributed by atoms with Crippen LogP contribution in [-0.2, 0) is 10.0 Å². The molecule has 0 bridgehead atoms. The Morgan fingerprint density at radius 3 is 2.23 bits per heavy atom. The van der Waals surface area contributed by atoms with Crippen molar-refractivity contribution in [3.05, 3.63) is 108 Å². The third-order valence-corrected chi connectivity index (χ3v) is 6.83. The Balaban J connectivity index is 1.45. The number of oxazole rings is 1. The van der Waals surface area contributed by atoms with Crippen LogP contribution >= 0.6 is 0 Å². The molecule has 0 spiro atoms. The van der Waals surface area contributed by atoms with E-state index in [0.29, 0.717) is 28.2 Å². The first kappa shape index (κ1) is 22.4. The molecule has 0 aliphatic carbocycles. The third kappa shape index (κ3) is 4.64. The molecule has 8 heteroatoms. The van der Waals surface area contributed by atoms with Crippen molar-refractivity contribution in [1.29, 1.82) is 0 Å². The first-order valence-electron chi connectivity index (χ1n) is 10.9. The zero-order valence-electron chi connectivity index (χ0n) is 18.7.